The fraction of sp³-hybridized carbons (Fsp3) is 0.462. The van der Waals surface area contributed by atoms with Crippen LogP contribution in [0.4, 0.5) is 8.78 Å². The fourth-order valence-corrected chi connectivity index (χ4v) is 2.59. The van der Waals surface area contributed by atoms with Crippen molar-refractivity contribution in [1.29, 1.82) is 0 Å². The van der Waals surface area contributed by atoms with Crippen LogP contribution in [0.3, 0.4) is 0 Å². The molecule has 1 rings (SSSR count). The second kappa shape index (κ2) is 6.48. The molecule has 0 aromatic heterocycles. The number of nitrogens with two attached hydrogens (primary N) is 1. The Bertz CT molecular complexity index is 647. The third-order valence-corrected chi connectivity index (χ3v) is 4.18. The zero-order valence-electron chi connectivity index (χ0n) is 12.1. The Balaban J connectivity index is 3.44. The van der Waals surface area contributed by atoms with Crippen molar-refractivity contribution in [3.05, 3.63) is 29.3 Å². The van der Waals surface area contributed by atoms with Gasteiger partial charge in [0, 0.05) is 12.6 Å². The molecule has 0 heterocycles. The topological polar surface area (TPSA) is 80.5 Å². The van der Waals surface area contributed by atoms with Gasteiger partial charge in [-0.3, -0.25) is 4.79 Å². The van der Waals surface area contributed by atoms with Gasteiger partial charge in [0.25, 0.3) is 5.91 Å². The number of carbonyl (C=O) groups is 1. The molecule has 1 aromatic rings. The summed E-state index contributed by atoms with van der Waals surface area (Å²) < 4.78 is 50.2. The van der Waals surface area contributed by atoms with E-state index in [1.807, 2.05) is 6.92 Å². The second-order valence-electron chi connectivity index (χ2n) is 4.66. The quantitative estimate of drug-likeness (QED) is 0.899. The van der Waals surface area contributed by atoms with Gasteiger partial charge in [-0.25, -0.2) is 22.3 Å². The minimum Gasteiger partial charge on any atom is -0.336 e. The van der Waals surface area contributed by atoms with E-state index >= 15 is 0 Å². The molecule has 0 spiro atoms. The summed E-state index contributed by atoms with van der Waals surface area (Å²) in [6, 6.07) is 0.946. The zero-order chi connectivity index (χ0) is 16.4. The van der Waals surface area contributed by atoms with Gasteiger partial charge in [-0.15, -0.1) is 0 Å². The van der Waals surface area contributed by atoms with E-state index in [0.717, 1.165) is 0 Å². The number of amides is 1. The number of carbonyl (C=O) groups excluding carboxylic acids is 1. The lowest BCUT2D eigenvalue weighted by molar-refractivity contribution is 0.0694. The van der Waals surface area contributed by atoms with Crippen molar-refractivity contribution >= 4 is 15.9 Å². The van der Waals surface area contributed by atoms with Crippen LogP contribution in [0, 0.1) is 11.6 Å². The van der Waals surface area contributed by atoms with Gasteiger partial charge in [-0.05, 0) is 32.4 Å². The molecule has 118 valence electrons. The highest BCUT2D eigenvalue weighted by molar-refractivity contribution is 7.89. The van der Waals surface area contributed by atoms with E-state index in [1.165, 1.54) is 4.90 Å². The number of primary sulfonamides is 1. The van der Waals surface area contributed by atoms with Crippen LogP contribution >= 0.6 is 0 Å². The van der Waals surface area contributed by atoms with Crippen molar-refractivity contribution in [3.63, 3.8) is 0 Å². The maximum Gasteiger partial charge on any atom is 0.257 e. The Kier molecular flexibility index (Phi) is 5.41. The maximum atomic E-state index is 14.2. The third-order valence-electron chi connectivity index (χ3n) is 3.27. The van der Waals surface area contributed by atoms with Crippen LogP contribution in [0.2, 0.25) is 0 Å². The molecule has 8 heteroatoms. The number of hydrogen-bond donors (Lipinski definition) is 1. The molecule has 0 saturated heterocycles. The van der Waals surface area contributed by atoms with Gasteiger partial charge in [-0.1, -0.05) is 6.92 Å². The monoisotopic (exact) mass is 320 g/mol. The molecule has 0 aliphatic heterocycles. The smallest absolute Gasteiger partial charge is 0.257 e. The molecule has 0 saturated carbocycles. The van der Waals surface area contributed by atoms with Gasteiger partial charge in [0.1, 0.15) is 10.7 Å². The molecule has 0 aliphatic carbocycles. The van der Waals surface area contributed by atoms with Crippen molar-refractivity contribution < 1.29 is 22.0 Å². The van der Waals surface area contributed by atoms with Gasteiger partial charge in [-0.2, -0.15) is 0 Å². The van der Waals surface area contributed by atoms with E-state index in [2.05, 4.69) is 0 Å². The van der Waals surface area contributed by atoms with Crippen molar-refractivity contribution in [3.8, 4) is 0 Å². The van der Waals surface area contributed by atoms with E-state index in [1.54, 1.807) is 13.8 Å². The molecular formula is C13H18F2N2O3S. The third kappa shape index (κ3) is 3.76. The molecule has 5 nitrogen and oxygen atoms in total. The average Bonchev–Trinajstić information content (AvgIpc) is 2.40. The fourth-order valence-electron chi connectivity index (χ4n) is 1.96. The van der Waals surface area contributed by atoms with Crippen LogP contribution in [0.5, 0.6) is 0 Å². The van der Waals surface area contributed by atoms with E-state index < -0.39 is 38.0 Å². The van der Waals surface area contributed by atoms with Gasteiger partial charge < -0.3 is 4.90 Å². The van der Waals surface area contributed by atoms with Crippen LogP contribution in [-0.2, 0) is 10.0 Å². The summed E-state index contributed by atoms with van der Waals surface area (Å²) in [5, 5.41) is 4.83. The number of hydrogen-bond acceptors (Lipinski definition) is 3. The van der Waals surface area contributed by atoms with Crippen LogP contribution in [0.1, 0.15) is 37.6 Å². The van der Waals surface area contributed by atoms with Gasteiger partial charge >= 0.3 is 0 Å². The molecule has 0 aliphatic rings. The number of sulfonamides is 1. The molecule has 1 amide bonds. The SMILES string of the molecule is CCC(C)N(CC)C(=O)c1cc(F)cc(S(N)(=O)=O)c1F. The number of benzene rings is 1. The Morgan fingerprint density at radius 2 is 1.90 bits per heavy atom. The van der Waals surface area contributed by atoms with Crippen molar-refractivity contribution in [2.75, 3.05) is 6.54 Å². The lowest BCUT2D eigenvalue weighted by Crippen LogP contribution is -2.38. The lowest BCUT2D eigenvalue weighted by atomic mass is 10.1. The lowest BCUT2D eigenvalue weighted by Gasteiger charge is -2.27. The van der Waals surface area contributed by atoms with E-state index in [9.17, 15) is 22.0 Å². The summed E-state index contributed by atoms with van der Waals surface area (Å²) in [7, 11) is -4.46. The van der Waals surface area contributed by atoms with Gasteiger partial charge in [0.15, 0.2) is 5.82 Å². The van der Waals surface area contributed by atoms with Crippen LogP contribution in [-0.4, -0.2) is 31.8 Å². The Morgan fingerprint density at radius 3 is 2.33 bits per heavy atom. The largest absolute Gasteiger partial charge is 0.336 e. The first-order valence-electron chi connectivity index (χ1n) is 6.46. The van der Waals surface area contributed by atoms with Crippen molar-refractivity contribution in [2.24, 2.45) is 5.14 Å². The molecule has 2 N–H and O–H groups in total. The predicted octanol–water partition coefficient (Wildman–Crippen LogP) is 1.87. The Labute approximate surface area is 122 Å². The van der Waals surface area contributed by atoms with Crippen LogP contribution in [0.25, 0.3) is 0 Å². The molecule has 21 heavy (non-hydrogen) atoms. The molecule has 0 bridgehead atoms. The summed E-state index contributed by atoms with van der Waals surface area (Å²) in [5.41, 5.74) is -0.638. The first kappa shape index (κ1) is 17.5. The molecule has 0 fully saturated rings. The summed E-state index contributed by atoms with van der Waals surface area (Å²) >= 11 is 0. The van der Waals surface area contributed by atoms with Crippen molar-refractivity contribution in [2.45, 2.75) is 38.1 Å². The molecular weight excluding hydrogens is 302 g/mol. The Morgan fingerprint density at radius 1 is 1.33 bits per heavy atom. The van der Waals surface area contributed by atoms with Crippen molar-refractivity contribution in [1.82, 2.24) is 4.90 Å². The van der Waals surface area contributed by atoms with Crippen LogP contribution < -0.4 is 5.14 Å². The normalized spacial score (nSPS) is 13.0. The maximum absolute atomic E-state index is 14.2. The predicted molar refractivity (Wildman–Crippen MR) is 74.2 cm³/mol. The summed E-state index contributed by atoms with van der Waals surface area (Å²) in [5.74, 6) is -3.14. The highest BCUT2D eigenvalue weighted by Crippen LogP contribution is 2.21. The van der Waals surface area contributed by atoms with Gasteiger partial charge in [0.05, 0.1) is 5.56 Å². The number of halogens is 2. The molecule has 1 unspecified atom stereocenters. The molecule has 1 aromatic carbocycles. The van der Waals surface area contributed by atoms with E-state index in [4.69, 9.17) is 5.14 Å². The first-order valence-corrected chi connectivity index (χ1v) is 8.00. The standard InChI is InChI=1S/C13H18F2N2O3S/c1-4-8(3)17(5-2)13(18)10-6-9(14)7-11(12(10)15)21(16,19)20/h6-8H,4-5H2,1-3H3,(H2,16,19,20). The second-order valence-corrected chi connectivity index (χ2v) is 6.19. The molecule has 0 radical (unpaired) electrons. The van der Waals surface area contributed by atoms with E-state index in [-0.39, 0.29) is 12.6 Å². The highest BCUT2D eigenvalue weighted by atomic mass is 32.2. The number of nitrogens with zero attached hydrogens (tertiary/aromatic N) is 1. The summed E-state index contributed by atoms with van der Waals surface area (Å²) in [6.07, 6.45) is 0.624. The zero-order valence-corrected chi connectivity index (χ0v) is 12.9. The minimum atomic E-state index is -4.46. The molecule has 1 atom stereocenters. The average molecular weight is 320 g/mol. The number of rotatable bonds is 5. The minimum absolute atomic E-state index is 0.192. The van der Waals surface area contributed by atoms with Gasteiger partial charge in [0.2, 0.25) is 10.0 Å². The van der Waals surface area contributed by atoms with E-state index in [0.29, 0.717) is 18.6 Å². The highest BCUT2D eigenvalue weighted by Gasteiger charge is 2.27. The first-order chi connectivity index (χ1) is 9.63. The van der Waals surface area contributed by atoms with Crippen LogP contribution in [0.15, 0.2) is 17.0 Å². The summed E-state index contributed by atoms with van der Waals surface area (Å²) in [6.45, 7) is 5.59. The Hall–Kier alpha value is -1.54. The summed E-state index contributed by atoms with van der Waals surface area (Å²) in [4.78, 5) is 12.6.